The molecule has 0 aliphatic carbocycles. The second-order valence-electron chi connectivity index (χ2n) is 4.64. The van der Waals surface area contributed by atoms with Crippen molar-refractivity contribution in [3.63, 3.8) is 0 Å². The van der Waals surface area contributed by atoms with Gasteiger partial charge in [0.15, 0.2) is 0 Å². The normalized spacial score (nSPS) is 10.1. The molecule has 0 fully saturated rings. The van der Waals surface area contributed by atoms with E-state index in [-0.39, 0.29) is 5.75 Å². The van der Waals surface area contributed by atoms with Crippen LogP contribution in [0.15, 0.2) is 43.1 Å². The maximum Gasteiger partial charge on any atom is 0.135 e. The van der Waals surface area contributed by atoms with Crippen LogP contribution in [0.1, 0.15) is 18.1 Å². The molecule has 1 heterocycles. The summed E-state index contributed by atoms with van der Waals surface area (Å²) in [6.45, 7) is 6.55. The first-order valence-electron chi connectivity index (χ1n) is 6.46. The zero-order valence-electron chi connectivity index (χ0n) is 11.8. The molecule has 0 spiro atoms. The summed E-state index contributed by atoms with van der Waals surface area (Å²) in [4.78, 5) is 4.37. The van der Waals surface area contributed by atoms with Gasteiger partial charge >= 0.3 is 0 Å². The van der Waals surface area contributed by atoms with Gasteiger partial charge in [-0.1, -0.05) is 18.7 Å². The predicted molar refractivity (Wildman–Crippen MR) is 83.9 cm³/mol. The Morgan fingerprint density at radius 3 is 2.80 bits per heavy atom. The molecule has 0 atom stereocenters. The Kier molecular flexibility index (Phi) is 4.25. The lowest BCUT2D eigenvalue weighted by atomic mass is 10.1. The number of aromatic nitrogens is 1. The van der Waals surface area contributed by atoms with Crippen molar-refractivity contribution in [2.24, 2.45) is 0 Å². The number of nitrogens with one attached hydrogen (secondary N) is 2. The van der Waals surface area contributed by atoms with Gasteiger partial charge in [-0.2, -0.15) is 0 Å². The second-order valence-corrected chi connectivity index (χ2v) is 4.64. The van der Waals surface area contributed by atoms with Crippen molar-refractivity contribution in [1.82, 2.24) is 4.98 Å². The summed E-state index contributed by atoms with van der Waals surface area (Å²) in [7, 11) is 1.88. The Labute approximate surface area is 119 Å². The van der Waals surface area contributed by atoms with E-state index in [9.17, 15) is 5.11 Å². The van der Waals surface area contributed by atoms with Gasteiger partial charge in [0.25, 0.3) is 0 Å². The minimum atomic E-state index is 0.265. The van der Waals surface area contributed by atoms with E-state index in [0.717, 1.165) is 28.2 Å². The Hall–Kier alpha value is -2.49. The quantitative estimate of drug-likeness (QED) is 0.778. The number of benzene rings is 1. The van der Waals surface area contributed by atoms with Crippen LogP contribution in [-0.4, -0.2) is 17.1 Å². The first-order valence-corrected chi connectivity index (χ1v) is 6.46. The fourth-order valence-corrected chi connectivity index (χ4v) is 2.09. The molecule has 1 aromatic heterocycles. The molecule has 2 rings (SSSR count). The lowest BCUT2D eigenvalue weighted by Crippen LogP contribution is -2.06. The average molecular weight is 269 g/mol. The van der Waals surface area contributed by atoms with Crippen LogP contribution in [0.3, 0.4) is 0 Å². The van der Waals surface area contributed by atoms with E-state index in [2.05, 4.69) is 22.2 Å². The van der Waals surface area contributed by atoms with Gasteiger partial charge in [-0.3, -0.25) is 0 Å². The summed E-state index contributed by atoms with van der Waals surface area (Å²) in [5.74, 6) is 1.05. The third-order valence-corrected chi connectivity index (χ3v) is 3.02. The summed E-state index contributed by atoms with van der Waals surface area (Å²) in [6, 6.07) is 9.08. The smallest absolute Gasteiger partial charge is 0.135 e. The first kappa shape index (κ1) is 13.9. The van der Waals surface area contributed by atoms with E-state index in [1.807, 2.05) is 32.2 Å². The number of rotatable bonds is 5. The molecule has 0 aliphatic heterocycles. The molecule has 0 saturated heterocycles. The van der Waals surface area contributed by atoms with E-state index < -0.39 is 0 Å². The summed E-state index contributed by atoms with van der Waals surface area (Å²) in [5.41, 5.74) is 3.91. The Bertz CT molecular complexity index is 623. The number of aromatic hydroxyl groups is 1. The standard InChI is InChI=1S/C16H19N3O/c1-11(2)15-14(17-3)7-8-18-16(15)19-10-12-5-4-6-13(20)9-12/h4-9,20H,1,10H2,2-3H3,(H2,17,18,19). The van der Waals surface area contributed by atoms with Crippen molar-refractivity contribution < 1.29 is 5.11 Å². The third kappa shape index (κ3) is 3.09. The Balaban J connectivity index is 2.23. The topological polar surface area (TPSA) is 57.2 Å². The van der Waals surface area contributed by atoms with Gasteiger partial charge in [0, 0.05) is 31.0 Å². The molecule has 0 radical (unpaired) electrons. The van der Waals surface area contributed by atoms with E-state index in [1.54, 1.807) is 18.3 Å². The van der Waals surface area contributed by atoms with E-state index in [4.69, 9.17) is 0 Å². The lowest BCUT2D eigenvalue weighted by Gasteiger charge is -2.15. The van der Waals surface area contributed by atoms with Crippen LogP contribution in [0.25, 0.3) is 5.57 Å². The Morgan fingerprint density at radius 2 is 2.15 bits per heavy atom. The zero-order chi connectivity index (χ0) is 14.5. The van der Waals surface area contributed by atoms with Gasteiger partial charge in [-0.25, -0.2) is 4.98 Å². The predicted octanol–water partition coefficient (Wildman–Crippen LogP) is 3.47. The van der Waals surface area contributed by atoms with Crippen molar-refractivity contribution in [3.8, 4) is 5.75 Å². The zero-order valence-corrected chi connectivity index (χ0v) is 11.8. The summed E-state index contributed by atoms with van der Waals surface area (Å²) in [6.07, 6.45) is 1.75. The molecular formula is C16H19N3O. The number of phenols is 1. The number of phenolic OH excluding ortho intramolecular Hbond substituents is 1. The van der Waals surface area contributed by atoms with Gasteiger partial charge in [0.2, 0.25) is 0 Å². The first-order chi connectivity index (χ1) is 9.61. The van der Waals surface area contributed by atoms with Crippen LogP contribution in [0.4, 0.5) is 11.5 Å². The number of hydrogen-bond donors (Lipinski definition) is 3. The summed E-state index contributed by atoms with van der Waals surface area (Å²) < 4.78 is 0. The summed E-state index contributed by atoms with van der Waals surface area (Å²) in [5, 5.41) is 15.9. The SMILES string of the molecule is C=C(C)c1c(NC)ccnc1NCc1cccc(O)c1. The molecule has 1 aromatic carbocycles. The highest BCUT2D eigenvalue weighted by molar-refractivity contribution is 5.81. The molecule has 0 bridgehead atoms. The Morgan fingerprint density at radius 1 is 1.35 bits per heavy atom. The van der Waals surface area contributed by atoms with Crippen molar-refractivity contribution in [2.45, 2.75) is 13.5 Å². The third-order valence-electron chi connectivity index (χ3n) is 3.02. The molecule has 4 nitrogen and oxygen atoms in total. The number of nitrogens with zero attached hydrogens (tertiary/aromatic N) is 1. The van der Waals surface area contributed by atoms with Crippen LogP contribution in [0, 0.1) is 0 Å². The fourth-order valence-electron chi connectivity index (χ4n) is 2.09. The number of pyridine rings is 1. The molecule has 20 heavy (non-hydrogen) atoms. The largest absolute Gasteiger partial charge is 0.508 e. The van der Waals surface area contributed by atoms with E-state index >= 15 is 0 Å². The summed E-state index contributed by atoms with van der Waals surface area (Å²) >= 11 is 0. The maximum atomic E-state index is 9.47. The fraction of sp³-hybridized carbons (Fsp3) is 0.188. The highest BCUT2D eigenvalue weighted by Gasteiger charge is 2.09. The van der Waals surface area contributed by atoms with Crippen LogP contribution in [0.2, 0.25) is 0 Å². The van der Waals surface area contributed by atoms with Gasteiger partial charge in [-0.15, -0.1) is 0 Å². The lowest BCUT2D eigenvalue weighted by molar-refractivity contribution is 0.474. The number of allylic oxidation sites excluding steroid dienone is 1. The molecule has 2 aromatic rings. The maximum absolute atomic E-state index is 9.47. The molecule has 104 valence electrons. The highest BCUT2D eigenvalue weighted by Crippen LogP contribution is 2.28. The molecule has 0 aliphatic rings. The van der Waals surface area contributed by atoms with Crippen molar-refractivity contribution in [3.05, 3.63) is 54.2 Å². The van der Waals surface area contributed by atoms with Crippen LogP contribution in [0.5, 0.6) is 5.75 Å². The van der Waals surface area contributed by atoms with Gasteiger partial charge in [-0.05, 0) is 36.3 Å². The molecule has 0 saturated carbocycles. The number of hydrogen-bond acceptors (Lipinski definition) is 4. The molecule has 0 amide bonds. The van der Waals surface area contributed by atoms with Gasteiger partial charge in [0.1, 0.15) is 11.6 Å². The van der Waals surface area contributed by atoms with Gasteiger partial charge < -0.3 is 15.7 Å². The van der Waals surface area contributed by atoms with Gasteiger partial charge in [0.05, 0.1) is 0 Å². The minimum Gasteiger partial charge on any atom is -0.508 e. The molecular weight excluding hydrogens is 250 g/mol. The average Bonchev–Trinajstić information content (AvgIpc) is 2.44. The van der Waals surface area contributed by atoms with Crippen molar-refractivity contribution >= 4 is 17.1 Å². The van der Waals surface area contributed by atoms with E-state index in [1.165, 1.54) is 0 Å². The van der Waals surface area contributed by atoms with Crippen molar-refractivity contribution in [1.29, 1.82) is 0 Å². The molecule has 4 heteroatoms. The van der Waals surface area contributed by atoms with Crippen molar-refractivity contribution in [2.75, 3.05) is 17.7 Å². The van der Waals surface area contributed by atoms with E-state index in [0.29, 0.717) is 6.54 Å². The number of anilines is 2. The molecule has 3 N–H and O–H groups in total. The van der Waals surface area contributed by atoms with Crippen LogP contribution < -0.4 is 10.6 Å². The minimum absolute atomic E-state index is 0.265. The monoisotopic (exact) mass is 269 g/mol. The highest BCUT2D eigenvalue weighted by atomic mass is 16.3. The second kappa shape index (κ2) is 6.10. The van der Waals surface area contributed by atoms with Crippen LogP contribution >= 0.6 is 0 Å². The van der Waals surface area contributed by atoms with Crippen LogP contribution in [-0.2, 0) is 6.54 Å². The molecule has 0 unspecified atom stereocenters.